The molecule has 6 N–H and O–H groups in total. The molecule has 1 aliphatic rings. The van der Waals surface area contributed by atoms with Crippen LogP contribution in [-0.2, 0) is 28.9 Å². The predicted octanol–water partition coefficient (Wildman–Crippen LogP) is 16.5. The second-order valence-electron chi connectivity index (χ2n) is 23.1. The summed E-state index contributed by atoms with van der Waals surface area (Å²) in [6.45, 7) is 3.44. The van der Waals surface area contributed by atoms with Crippen molar-refractivity contribution in [3.63, 3.8) is 0 Å². The molecule has 0 spiro atoms. The highest BCUT2D eigenvalue weighted by atomic mass is 32.3. The number of hydrogen-bond acceptors (Lipinski definition) is 10. The van der Waals surface area contributed by atoms with E-state index >= 15 is 0 Å². The van der Waals surface area contributed by atoms with Gasteiger partial charge in [0.15, 0.2) is 6.29 Å². The van der Waals surface area contributed by atoms with E-state index in [9.17, 15) is 38.2 Å². The lowest BCUT2D eigenvalue weighted by molar-refractivity contribution is -0.298. The number of hydrogen-bond donors (Lipinski definition) is 6. The van der Waals surface area contributed by atoms with Gasteiger partial charge in [-0.25, -0.2) is 4.18 Å². The Morgan fingerprint density at radius 1 is 0.513 bits per heavy atom. The molecule has 7 unspecified atom stereocenters. The molecule has 0 aromatic rings. The first-order chi connectivity index (χ1) is 38.0. The van der Waals surface area contributed by atoms with Gasteiger partial charge in [-0.05, 0) is 51.4 Å². The zero-order chi connectivity index (χ0) is 56.8. The first kappa shape index (κ1) is 74.3. The van der Waals surface area contributed by atoms with Crippen molar-refractivity contribution in [2.45, 2.75) is 358 Å². The average molecular weight is 1130 g/mol. The summed E-state index contributed by atoms with van der Waals surface area (Å²) in [6.07, 6.45) is 62.0. The molecular formula is C65H123NO11S. The molecule has 1 rings (SSSR count). The molecule has 1 amide bonds. The van der Waals surface area contributed by atoms with Crippen molar-refractivity contribution in [3.05, 3.63) is 36.5 Å². The van der Waals surface area contributed by atoms with Crippen molar-refractivity contribution in [1.29, 1.82) is 0 Å². The smallest absolute Gasteiger partial charge is 0.394 e. The van der Waals surface area contributed by atoms with Crippen molar-refractivity contribution in [1.82, 2.24) is 5.32 Å². The zero-order valence-electron chi connectivity index (χ0n) is 50.2. The Balaban J connectivity index is 2.27. The van der Waals surface area contributed by atoms with E-state index in [2.05, 4.69) is 47.7 Å². The number of carbonyl (C=O) groups is 1. The van der Waals surface area contributed by atoms with E-state index in [1.54, 1.807) is 6.08 Å². The molecule has 1 fully saturated rings. The SMILES string of the molecule is CCCCCCCCCCC/C=C\C/C=C\CCCCCCCCCCCCCCCCCC(=O)NC(COC1OC(CO)C(O)C(OS(=O)(=O)O)C1O)C(O)/C=C/CCCCCCCCCCCCCCCCCCCC. The van der Waals surface area contributed by atoms with Crippen LogP contribution in [0.3, 0.4) is 0 Å². The largest absolute Gasteiger partial charge is 0.397 e. The number of allylic oxidation sites excluding steroid dienone is 5. The van der Waals surface area contributed by atoms with Gasteiger partial charge < -0.3 is 35.2 Å². The van der Waals surface area contributed by atoms with Gasteiger partial charge in [0, 0.05) is 6.42 Å². The number of aliphatic hydroxyl groups excluding tert-OH is 4. The van der Waals surface area contributed by atoms with Crippen LogP contribution in [0.1, 0.15) is 316 Å². The maximum Gasteiger partial charge on any atom is 0.397 e. The topological polar surface area (TPSA) is 192 Å². The molecule has 1 saturated heterocycles. The number of aliphatic hydroxyl groups is 4. The average Bonchev–Trinajstić information content (AvgIpc) is 3.45. The van der Waals surface area contributed by atoms with Crippen LogP contribution in [0.15, 0.2) is 36.5 Å². The molecule has 13 heteroatoms. The molecule has 78 heavy (non-hydrogen) atoms. The molecule has 460 valence electrons. The first-order valence-electron chi connectivity index (χ1n) is 32.9. The third-order valence-electron chi connectivity index (χ3n) is 15.7. The van der Waals surface area contributed by atoms with Gasteiger partial charge in [0.2, 0.25) is 5.91 Å². The molecule has 0 radical (unpaired) electrons. The van der Waals surface area contributed by atoms with Gasteiger partial charge in [-0.1, -0.05) is 294 Å². The van der Waals surface area contributed by atoms with E-state index in [1.807, 2.05) is 6.08 Å². The van der Waals surface area contributed by atoms with E-state index in [1.165, 1.54) is 244 Å². The summed E-state index contributed by atoms with van der Waals surface area (Å²) in [5.41, 5.74) is 0. The first-order valence-corrected chi connectivity index (χ1v) is 34.2. The molecule has 7 atom stereocenters. The van der Waals surface area contributed by atoms with Crippen LogP contribution >= 0.6 is 0 Å². The second-order valence-corrected chi connectivity index (χ2v) is 24.1. The van der Waals surface area contributed by atoms with Crippen molar-refractivity contribution in [2.24, 2.45) is 0 Å². The van der Waals surface area contributed by atoms with E-state index in [-0.39, 0.29) is 18.9 Å². The molecule has 0 bridgehead atoms. The number of rotatable bonds is 58. The minimum Gasteiger partial charge on any atom is -0.394 e. The standard InChI is InChI=1S/C65H123NO11S/c1-3-5-7-9-11-13-15-17-19-21-23-25-26-27-28-29-30-31-32-33-34-35-37-39-41-43-45-47-49-51-53-55-61(69)66-58(57-75-65-63(71)64(77-78(72,73)74)62(70)60(56-67)76-65)59(68)54-52-50-48-46-44-42-40-38-36-24-22-20-18-16-14-12-10-8-6-4-2/h23,25,27-28,52,54,58-60,62-65,67-68,70-71H,3-22,24,26,29-51,53,55-57H2,1-2H3,(H,66,69)(H,72,73,74)/b25-23-,28-27-,54-52+. The normalized spacial score (nSPS) is 19.0. The lowest BCUT2D eigenvalue weighted by atomic mass is 9.99. The number of carbonyl (C=O) groups excluding carboxylic acids is 1. The highest BCUT2D eigenvalue weighted by molar-refractivity contribution is 7.80. The highest BCUT2D eigenvalue weighted by Crippen LogP contribution is 2.26. The number of amides is 1. The molecule has 12 nitrogen and oxygen atoms in total. The van der Waals surface area contributed by atoms with Crippen LogP contribution in [0.5, 0.6) is 0 Å². The Labute approximate surface area is 479 Å². The summed E-state index contributed by atoms with van der Waals surface area (Å²) in [5.74, 6) is -0.258. The predicted molar refractivity (Wildman–Crippen MR) is 324 cm³/mol. The minimum atomic E-state index is -5.09. The third-order valence-corrected chi connectivity index (χ3v) is 16.1. The maximum atomic E-state index is 13.2. The highest BCUT2D eigenvalue weighted by Gasteiger charge is 2.48. The van der Waals surface area contributed by atoms with Gasteiger partial charge in [-0.15, -0.1) is 0 Å². The van der Waals surface area contributed by atoms with Gasteiger partial charge in [0.1, 0.15) is 24.4 Å². The van der Waals surface area contributed by atoms with E-state index in [4.69, 9.17) is 9.47 Å². The summed E-state index contributed by atoms with van der Waals surface area (Å²) in [6, 6.07) is -0.945. The Kier molecular flexibility index (Phi) is 52.0. The molecule has 0 aliphatic carbocycles. The summed E-state index contributed by atoms with van der Waals surface area (Å²) in [4.78, 5) is 13.2. The number of unbranched alkanes of at least 4 members (excludes halogenated alkanes) is 42. The van der Waals surface area contributed by atoms with Crippen molar-refractivity contribution < 1.29 is 51.8 Å². The van der Waals surface area contributed by atoms with Gasteiger partial charge >= 0.3 is 10.4 Å². The van der Waals surface area contributed by atoms with Crippen LogP contribution in [-0.4, -0.2) is 95.4 Å². The fourth-order valence-electron chi connectivity index (χ4n) is 10.6. The van der Waals surface area contributed by atoms with Crippen LogP contribution in [0, 0.1) is 0 Å². The summed E-state index contributed by atoms with van der Waals surface area (Å²) in [7, 11) is -5.09. The summed E-state index contributed by atoms with van der Waals surface area (Å²) in [5, 5.41) is 45.1. The van der Waals surface area contributed by atoms with Crippen LogP contribution in [0.25, 0.3) is 0 Å². The van der Waals surface area contributed by atoms with Gasteiger partial charge in [0.05, 0.1) is 25.4 Å². The van der Waals surface area contributed by atoms with E-state index in [0.29, 0.717) is 6.42 Å². The molecule has 1 aliphatic heterocycles. The number of ether oxygens (including phenoxy) is 2. The van der Waals surface area contributed by atoms with Crippen molar-refractivity contribution in [2.75, 3.05) is 13.2 Å². The summed E-state index contributed by atoms with van der Waals surface area (Å²) >= 11 is 0. The molecular weight excluding hydrogens is 1000 g/mol. The Bertz CT molecular complexity index is 1510. The Morgan fingerprint density at radius 2 is 0.859 bits per heavy atom. The van der Waals surface area contributed by atoms with E-state index in [0.717, 1.165) is 44.9 Å². The maximum absolute atomic E-state index is 13.2. The molecule has 0 aromatic heterocycles. The van der Waals surface area contributed by atoms with Crippen LogP contribution < -0.4 is 5.32 Å². The third kappa shape index (κ3) is 45.9. The monoisotopic (exact) mass is 1130 g/mol. The van der Waals surface area contributed by atoms with Gasteiger partial charge in [-0.3, -0.25) is 9.35 Å². The van der Waals surface area contributed by atoms with Crippen LogP contribution in [0.2, 0.25) is 0 Å². The lowest BCUT2D eigenvalue weighted by Crippen LogP contribution is -2.61. The quantitative estimate of drug-likeness (QED) is 0.0193. The number of nitrogens with one attached hydrogen (secondary N) is 1. The Morgan fingerprint density at radius 3 is 1.22 bits per heavy atom. The zero-order valence-corrected chi connectivity index (χ0v) is 51.1. The fraction of sp³-hybridized carbons (Fsp3) is 0.892. The van der Waals surface area contributed by atoms with Gasteiger partial charge in [-0.2, -0.15) is 8.42 Å². The second kappa shape index (κ2) is 54.6. The molecule has 1 heterocycles. The van der Waals surface area contributed by atoms with Crippen molar-refractivity contribution >= 4 is 16.3 Å². The fourth-order valence-corrected chi connectivity index (χ4v) is 11.1. The lowest BCUT2D eigenvalue weighted by Gasteiger charge is -2.41. The van der Waals surface area contributed by atoms with Crippen molar-refractivity contribution in [3.8, 4) is 0 Å². The van der Waals surface area contributed by atoms with Gasteiger partial charge in [0.25, 0.3) is 0 Å². The molecule has 0 saturated carbocycles. The van der Waals surface area contributed by atoms with Crippen LogP contribution in [0.4, 0.5) is 0 Å². The minimum absolute atomic E-state index is 0.258. The Hall–Kier alpha value is -1.68. The molecule has 0 aromatic carbocycles. The van der Waals surface area contributed by atoms with E-state index < -0.39 is 59.9 Å². The summed E-state index contributed by atoms with van der Waals surface area (Å²) < 4.78 is 48.0.